The van der Waals surface area contributed by atoms with Gasteiger partial charge >= 0.3 is 6.09 Å². The molecule has 1 amide bonds. The minimum atomic E-state index is -0.474. The molecule has 0 bridgehead atoms. The zero-order valence-corrected chi connectivity index (χ0v) is 9.67. The third-order valence-corrected chi connectivity index (χ3v) is 2.29. The number of carbonyl (C=O) groups excluding carboxylic acids is 1. The molecule has 1 fully saturated rings. The average molecular weight is 215 g/mol. The molecule has 2 atom stereocenters. The van der Waals surface area contributed by atoms with Crippen LogP contribution in [-0.2, 0) is 4.74 Å². The lowest BCUT2D eigenvalue weighted by atomic mass is 10.1. The molecule has 1 aliphatic rings. The Morgan fingerprint density at radius 3 is 2.73 bits per heavy atom. The van der Waals surface area contributed by atoms with E-state index >= 15 is 0 Å². The largest absolute Gasteiger partial charge is 0.444 e. The monoisotopic (exact) mass is 215 g/mol. The number of hydrogen-bond acceptors (Lipinski definition) is 4. The first kappa shape index (κ1) is 12.3. The van der Waals surface area contributed by atoms with Crippen molar-refractivity contribution in [3.8, 4) is 0 Å². The number of alkyl carbamates (subject to hydrolysis) is 1. The summed E-state index contributed by atoms with van der Waals surface area (Å²) in [4.78, 5) is 11.4. The van der Waals surface area contributed by atoms with Crippen molar-refractivity contribution in [1.29, 1.82) is 0 Å². The number of hydrogen-bond donors (Lipinski definition) is 3. The van der Waals surface area contributed by atoms with Crippen molar-refractivity contribution in [1.82, 2.24) is 10.6 Å². The Morgan fingerprint density at radius 2 is 2.27 bits per heavy atom. The SMILES string of the molecule is CC(C)(C)OC(=O)NC(N)C1CCNC1. The summed E-state index contributed by atoms with van der Waals surface area (Å²) < 4.78 is 5.12. The Balaban J connectivity index is 2.30. The molecule has 4 N–H and O–H groups in total. The number of nitrogens with one attached hydrogen (secondary N) is 2. The lowest BCUT2D eigenvalue weighted by Crippen LogP contribution is -2.49. The molecule has 0 saturated carbocycles. The first-order chi connectivity index (χ1) is 6.88. The van der Waals surface area contributed by atoms with Gasteiger partial charge < -0.3 is 21.1 Å². The molecule has 0 radical (unpaired) electrons. The van der Waals surface area contributed by atoms with Crippen molar-refractivity contribution < 1.29 is 9.53 Å². The number of nitrogens with two attached hydrogens (primary N) is 1. The Hall–Kier alpha value is -0.810. The number of amides is 1. The molecule has 0 aromatic rings. The Kier molecular flexibility index (Phi) is 3.93. The van der Waals surface area contributed by atoms with Gasteiger partial charge in [-0.15, -0.1) is 0 Å². The fraction of sp³-hybridized carbons (Fsp3) is 0.900. The van der Waals surface area contributed by atoms with Crippen molar-refractivity contribution in [2.45, 2.75) is 39.0 Å². The van der Waals surface area contributed by atoms with E-state index in [0.717, 1.165) is 19.5 Å². The zero-order chi connectivity index (χ0) is 11.5. The highest BCUT2D eigenvalue weighted by Crippen LogP contribution is 2.11. The molecule has 15 heavy (non-hydrogen) atoms. The average Bonchev–Trinajstić information content (AvgIpc) is 2.50. The van der Waals surface area contributed by atoms with E-state index in [2.05, 4.69) is 10.6 Å². The molecule has 0 aromatic heterocycles. The minimum Gasteiger partial charge on any atom is -0.444 e. The van der Waals surface area contributed by atoms with E-state index in [4.69, 9.17) is 10.5 Å². The fourth-order valence-corrected chi connectivity index (χ4v) is 1.54. The van der Waals surface area contributed by atoms with Crippen LogP contribution in [0.1, 0.15) is 27.2 Å². The molecular formula is C10H21N3O2. The van der Waals surface area contributed by atoms with Gasteiger partial charge in [0.15, 0.2) is 0 Å². The van der Waals surface area contributed by atoms with Crippen LogP contribution in [0.25, 0.3) is 0 Å². The molecular weight excluding hydrogens is 194 g/mol. The van der Waals surface area contributed by atoms with Gasteiger partial charge in [-0.3, -0.25) is 0 Å². The summed E-state index contributed by atoms with van der Waals surface area (Å²) >= 11 is 0. The quantitative estimate of drug-likeness (QED) is 0.583. The van der Waals surface area contributed by atoms with Gasteiger partial charge in [0, 0.05) is 12.5 Å². The minimum absolute atomic E-state index is 0.303. The molecule has 88 valence electrons. The summed E-state index contributed by atoms with van der Waals surface area (Å²) in [5.74, 6) is 0.303. The highest BCUT2D eigenvalue weighted by atomic mass is 16.6. The Bertz CT molecular complexity index is 219. The van der Waals surface area contributed by atoms with Crippen molar-refractivity contribution in [3.05, 3.63) is 0 Å². The van der Waals surface area contributed by atoms with Crippen molar-refractivity contribution in [2.24, 2.45) is 11.7 Å². The van der Waals surface area contributed by atoms with E-state index in [1.54, 1.807) is 0 Å². The first-order valence-electron chi connectivity index (χ1n) is 5.34. The van der Waals surface area contributed by atoms with Crippen LogP contribution in [0.2, 0.25) is 0 Å². The van der Waals surface area contributed by atoms with Gasteiger partial charge in [-0.2, -0.15) is 0 Å². The summed E-state index contributed by atoms with van der Waals surface area (Å²) in [6.45, 7) is 7.31. The summed E-state index contributed by atoms with van der Waals surface area (Å²) in [7, 11) is 0. The Labute approximate surface area is 90.7 Å². The van der Waals surface area contributed by atoms with Crippen molar-refractivity contribution in [3.63, 3.8) is 0 Å². The molecule has 2 unspecified atom stereocenters. The number of rotatable bonds is 2. The molecule has 1 aliphatic heterocycles. The molecule has 5 heteroatoms. The maximum Gasteiger partial charge on any atom is 0.408 e. The topological polar surface area (TPSA) is 76.4 Å². The molecule has 0 aliphatic carbocycles. The van der Waals surface area contributed by atoms with E-state index in [9.17, 15) is 4.79 Å². The second-order valence-corrected chi connectivity index (χ2v) is 4.92. The van der Waals surface area contributed by atoms with Gasteiger partial charge in [-0.1, -0.05) is 0 Å². The molecule has 0 spiro atoms. The molecule has 1 heterocycles. The zero-order valence-electron chi connectivity index (χ0n) is 9.67. The number of ether oxygens (including phenoxy) is 1. The second-order valence-electron chi connectivity index (χ2n) is 4.92. The maximum absolute atomic E-state index is 11.4. The second kappa shape index (κ2) is 4.81. The molecule has 0 aromatic carbocycles. The van der Waals surface area contributed by atoms with Gasteiger partial charge in [0.1, 0.15) is 5.60 Å². The normalized spacial score (nSPS) is 23.6. The molecule has 1 saturated heterocycles. The maximum atomic E-state index is 11.4. The highest BCUT2D eigenvalue weighted by Gasteiger charge is 2.25. The fourth-order valence-electron chi connectivity index (χ4n) is 1.54. The van der Waals surface area contributed by atoms with E-state index in [0.29, 0.717) is 5.92 Å². The lowest BCUT2D eigenvalue weighted by molar-refractivity contribution is 0.0490. The summed E-state index contributed by atoms with van der Waals surface area (Å²) in [5.41, 5.74) is 5.37. The van der Waals surface area contributed by atoms with Crippen LogP contribution in [0.15, 0.2) is 0 Å². The van der Waals surface area contributed by atoms with Gasteiger partial charge in [-0.25, -0.2) is 4.79 Å². The molecule has 1 rings (SSSR count). The van der Waals surface area contributed by atoms with Gasteiger partial charge in [0.2, 0.25) is 0 Å². The van der Waals surface area contributed by atoms with Crippen molar-refractivity contribution >= 4 is 6.09 Å². The highest BCUT2D eigenvalue weighted by molar-refractivity contribution is 5.68. The number of carbonyl (C=O) groups is 1. The summed E-state index contributed by atoms with van der Waals surface area (Å²) in [5, 5.41) is 5.86. The van der Waals surface area contributed by atoms with Crippen LogP contribution in [-0.4, -0.2) is 30.9 Å². The van der Waals surface area contributed by atoms with E-state index < -0.39 is 11.7 Å². The van der Waals surface area contributed by atoms with E-state index in [1.807, 2.05) is 20.8 Å². The van der Waals surface area contributed by atoms with Crippen LogP contribution in [0.5, 0.6) is 0 Å². The van der Waals surface area contributed by atoms with Crippen LogP contribution < -0.4 is 16.4 Å². The summed E-state index contributed by atoms with van der Waals surface area (Å²) in [6, 6.07) is 0. The standard InChI is InChI=1S/C10H21N3O2/c1-10(2,3)15-9(14)13-8(11)7-4-5-12-6-7/h7-8,12H,4-6,11H2,1-3H3,(H,13,14). The van der Waals surface area contributed by atoms with Gasteiger partial charge in [-0.05, 0) is 33.7 Å². The van der Waals surface area contributed by atoms with E-state index in [-0.39, 0.29) is 6.17 Å². The predicted molar refractivity (Wildman–Crippen MR) is 58.3 cm³/mol. The predicted octanol–water partition coefficient (Wildman–Crippen LogP) is 0.405. The molecule has 5 nitrogen and oxygen atoms in total. The first-order valence-corrected chi connectivity index (χ1v) is 5.34. The van der Waals surface area contributed by atoms with E-state index in [1.165, 1.54) is 0 Å². The summed E-state index contributed by atoms with van der Waals surface area (Å²) in [6.07, 6.45) is 0.230. The van der Waals surface area contributed by atoms with Crippen LogP contribution in [0, 0.1) is 5.92 Å². The van der Waals surface area contributed by atoms with Gasteiger partial charge in [0.05, 0.1) is 6.17 Å². The van der Waals surface area contributed by atoms with Crippen molar-refractivity contribution in [2.75, 3.05) is 13.1 Å². The van der Waals surface area contributed by atoms with Crippen LogP contribution >= 0.6 is 0 Å². The van der Waals surface area contributed by atoms with Crippen LogP contribution in [0.4, 0.5) is 4.79 Å². The Morgan fingerprint density at radius 1 is 1.60 bits per heavy atom. The van der Waals surface area contributed by atoms with Gasteiger partial charge in [0.25, 0.3) is 0 Å². The smallest absolute Gasteiger partial charge is 0.408 e. The van der Waals surface area contributed by atoms with Crippen LogP contribution in [0.3, 0.4) is 0 Å². The lowest BCUT2D eigenvalue weighted by Gasteiger charge is -2.24. The third kappa shape index (κ3) is 4.48. The third-order valence-electron chi connectivity index (χ3n) is 2.29.